The molecule has 27 heavy (non-hydrogen) atoms. The number of carbonyl (C=O) groups is 1. The molecule has 2 N–H and O–H groups in total. The van der Waals surface area contributed by atoms with E-state index in [4.69, 9.17) is 0 Å². The molecule has 1 aromatic carbocycles. The molecule has 5 nitrogen and oxygen atoms in total. The minimum Gasteiger partial charge on any atom is -0.378 e. The summed E-state index contributed by atoms with van der Waals surface area (Å²) in [5.41, 5.74) is 4.22. The maximum atomic E-state index is 12.4. The zero-order chi connectivity index (χ0) is 19.3. The van der Waals surface area contributed by atoms with Gasteiger partial charge in [0, 0.05) is 11.9 Å². The van der Waals surface area contributed by atoms with Crippen LogP contribution < -0.4 is 10.6 Å². The van der Waals surface area contributed by atoms with Crippen LogP contribution in [0.4, 0.5) is 11.4 Å². The summed E-state index contributed by atoms with van der Waals surface area (Å²) in [7, 11) is 0. The second-order valence-corrected chi connectivity index (χ2v) is 7.39. The van der Waals surface area contributed by atoms with Gasteiger partial charge in [0.15, 0.2) is 0 Å². The smallest absolute Gasteiger partial charge is 0.274 e. The van der Waals surface area contributed by atoms with Crippen LogP contribution in [0.1, 0.15) is 42.5 Å². The van der Waals surface area contributed by atoms with Gasteiger partial charge in [-0.2, -0.15) is 0 Å². The van der Waals surface area contributed by atoms with Gasteiger partial charge in [-0.15, -0.1) is 0 Å². The second kappa shape index (κ2) is 7.99. The maximum Gasteiger partial charge on any atom is 0.274 e. The summed E-state index contributed by atoms with van der Waals surface area (Å²) in [5, 5.41) is 6.12. The highest BCUT2D eigenvalue weighted by Gasteiger charge is 2.13. The van der Waals surface area contributed by atoms with E-state index in [1.807, 2.05) is 48.5 Å². The average molecular weight is 360 g/mol. The van der Waals surface area contributed by atoms with Crippen molar-refractivity contribution in [1.82, 2.24) is 9.97 Å². The van der Waals surface area contributed by atoms with Gasteiger partial charge in [0.25, 0.3) is 5.91 Å². The van der Waals surface area contributed by atoms with E-state index >= 15 is 0 Å². The Labute approximate surface area is 159 Å². The number of nitrogens with one attached hydrogen (secondary N) is 2. The van der Waals surface area contributed by atoms with Crippen LogP contribution in [-0.4, -0.2) is 15.9 Å². The topological polar surface area (TPSA) is 66.9 Å². The summed E-state index contributed by atoms with van der Waals surface area (Å²) in [5.74, 6) is -0.227. The van der Waals surface area contributed by atoms with Crippen molar-refractivity contribution in [2.24, 2.45) is 0 Å². The molecule has 0 fully saturated rings. The first kappa shape index (κ1) is 18.6. The van der Waals surface area contributed by atoms with Gasteiger partial charge in [-0.25, -0.2) is 4.98 Å². The fourth-order valence-electron chi connectivity index (χ4n) is 2.58. The third kappa shape index (κ3) is 5.14. The molecule has 0 aliphatic rings. The summed E-state index contributed by atoms with van der Waals surface area (Å²) < 4.78 is 0. The monoisotopic (exact) mass is 360 g/mol. The Morgan fingerprint density at radius 2 is 1.67 bits per heavy atom. The van der Waals surface area contributed by atoms with Gasteiger partial charge in [0.1, 0.15) is 5.69 Å². The number of hydrogen-bond donors (Lipinski definition) is 2. The highest BCUT2D eigenvalue weighted by atomic mass is 16.1. The van der Waals surface area contributed by atoms with Crippen LogP contribution in [0.25, 0.3) is 0 Å². The van der Waals surface area contributed by atoms with E-state index in [1.54, 1.807) is 18.5 Å². The Morgan fingerprint density at radius 3 is 2.26 bits per heavy atom. The Morgan fingerprint density at radius 1 is 0.926 bits per heavy atom. The van der Waals surface area contributed by atoms with E-state index in [-0.39, 0.29) is 11.3 Å². The number of amides is 1. The van der Waals surface area contributed by atoms with Crippen LogP contribution in [0.3, 0.4) is 0 Å². The van der Waals surface area contributed by atoms with Crippen molar-refractivity contribution in [3.05, 3.63) is 83.9 Å². The van der Waals surface area contributed by atoms with Gasteiger partial charge in [0.05, 0.1) is 24.1 Å². The maximum absolute atomic E-state index is 12.4. The molecular formula is C22H24N4O. The van der Waals surface area contributed by atoms with Gasteiger partial charge in [-0.3, -0.25) is 9.78 Å². The van der Waals surface area contributed by atoms with Crippen molar-refractivity contribution in [2.45, 2.75) is 32.7 Å². The highest BCUT2D eigenvalue weighted by molar-refractivity contribution is 6.02. The molecule has 2 heterocycles. The molecule has 0 aliphatic carbocycles. The van der Waals surface area contributed by atoms with E-state index in [9.17, 15) is 4.79 Å². The number of benzene rings is 1. The third-order valence-corrected chi connectivity index (χ3v) is 4.20. The molecule has 5 heteroatoms. The lowest BCUT2D eigenvalue weighted by Gasteiger charge is -2.19. The number of nitrogens with zero attached hydrogens (tertiary/aromatic N) is 2. The zero-order valence-electron chi connectivity index (χ0n) is 15.9. The van der Waals surface area contributed by atoms with Crippen LogP contribution in [0, 0.1) is 0 Å². The van der Waals surface area contributed by atoms with Crippen LogP contribution in [-0.2, 0) is 12.0 Å². The molecule has 138 valence electrons. The minimum absolute atomic E-state index is 0.0855. The van der Waals surface area contributed by atoms with Crippen molar-refractivity contribution in [1.29, 1.82) is 0 Å². The van der Waals surface area contributed by atoms with Crippen LogP contribution in [0.5, 0.6) is 0 Å². The molecule has 0 spiro atoms. The number of rotatable bonds is 5. The highest BCUT2D eigenvalue weighted by Crippen LogP contribution is 2.23. The van der Waals surface area contributed by atoms with E-state index in [2.05, 4.69) is 41.4 Å². The molecule has 0 saturated heterocycles. The number of aromatic nitrogens is 2. The summed E-state index contributed by atoms with van der Waals surface area (Å²) in [4.78, 5) is 20.9. The third-order valence-electron chi connectivity index (χ3n) is 4.20. The number of carbonyl (C=O) groups excluding carboxylic acids is 1. The molecule has 0 atom stereocenters. The molecule has 0 bridgehead atoms. The van der Waals surface area contributed by atoms with Gasteiger partial charge >= 0.3 is 0 Å². The minimum atomic E-state index is -0.227. The first-order chi connectivity index (χ1) is 12.9. The fourth-order valence-corrected chi connectivity index (χ4v) is 2.58. The molecular weight excluding hydrogens is 336 g/mol. The van der Waals surface area contributed by atoms with Crippen molar-refractivity contribution in [3.8, 4) is 0 Å². The van der Waals surface area contributed by atoms with E-state index < -0.39 is 0 Å². The van der Waals surface area contributed by atoms with Crippen molar-refractivity contribution in [3.63, 3.8) is 0 Å². The lowest BCUT2D eigenvalue weighted by molar-refractivity contribution is 0.102. The molecule has 3 rings (SSSR count). The Bertz CT molecular complexity index is 882. The SMILES string of the molecule is CC(C)(C)c1ccc(NC(=O)c2ccc(NCc3ccccn3)cn2)cc1. The Hall–Kier alpha value is -3.21. The lowest BCUT2D eigenvalue weighted by Crippen LogP contribution is -2.15. The predicted octanol–water partition coefficient (Wildman–Crippen LogP) is 4.64. The molecule has 2 aromatic heterocycles. The standard InChI is InChI=1S/C22H24N4O/c1-22(2,3)16-7-9-17(10-8-16)26-21(27)20-12-11-19(15-25-20)24-14-18-6-4-5-13-23-18/h4-13,15,24H,14H2,1-3H3,(H,26,27). The second-order valence-electron chi connectivity index (χ2n) is 7.39. The van der Waals surface area contributed by atoms with Gasteiger partial charge in [0.2, 0.25) is 0 Å². The Kier molecular flexibility index (Phi) is 5.50. The molecule has 1 amide bonds. The molecule has 0 radical (unpaired) electrons. The molecule has 0 unspecified atom stereocenters. The normalized spacial score (nSPS) is 11.1. The van der Waals surface area contributed by atoms with E-state index in [0.717, 1.165) is 17.1 Å². The van der Waals surface area contributed by atoms with Crippen LogP contribution in [0.15, 0.2) is 67.0 Å². The number of pyridine rings is 2. The van der Waals surface area contributed by atoms with Crippen molar-refractivity contribution >= 4 is 17.3 Å². The Balaban J connectivity index is 1.58. The average Bonchev–Trinajstić information content (AvgIpc) is 2.67. The van der Waals surface area contributed by atoms with Crippen LogP contribution in [0.2, 0.25) is 0 Å². The van der Waals surface area contributed by atoms with Gasteiger partial charge in [-0.05, 0) is 47.4 Å². The zero-order valence-corrected chi connectivity index (χ0v) is 15.9. The molecule has 0 saturated carbocycles. The summed E-state index contributed by atoms with van der Waals surface area (Å²) in [6, 6.07) is 17.2. The predicted molar refractivity (Wildman–Crippen MR) is 109 cm³/mol. The summed E-state index contributed by atoms with van der Waals surface area (Å²) in [6.45, 7) is 7.09. The quantitative estimate of drug-likeness (QED) is 0.696. The first-order valence-corrected chi connectivity index (χ1v) is 8.93. The number of anilines is 2. The first-order valence-electron chi connectivity index (χ1n) is 8.93. The van der Waals surface area contributed by atoms with E-state index in [1.165, 1.54) is 5.56 Å². The van der Waals surface area contributed by atoms with Crippen molar-refractivity contribution in [2.75, 3.05) is 10.6 Å². The van der Waals surface area contributed by atoms with Crippen LogP contribution >= 0.6 is 0 Å². The lowest BCUT2D eigenvalue weighted by atomic mass is 9.87. The molecule has 3 aromatic rings. The van der Waals surface area contributed by atoms with E-state index in [0.29, 0.717) is 12.2 Å². The summed E-state index contributed by atoms with van der Waals surface area (Å²) >= 11 is 0. The van der Waals surface area contributed by atoms with Gasteiger partial charge < -0.3 is 10.6 Å². The molecule has 0 aliphatic heterocycles. The van der Waals surface area contributed by atoms with Gasteiger partial charge in [-0.1, -0.05) is 39.0 Å². The van der Waals surface area contributed by atoms with Crippen molar-refractivity contribution < 1.29 is 4.79 Å². The fraction of sp³-hybridized carbons (Fsp3) is 0.227. The summed E-state index contributed by atoms with van der Waals surface area (Å²) in [6.07, 6.45) is 3.41. The number of hydrogen-bond acceptors (Lipinski definition) is 4. The largest absolute Gasteiger partial charge is 0.378 e.